The maximum atomic E-state index is 13.7. The van der Waals surface area contributed by atoms with E-state index < -0.39 is 0 Å². The summed E-state index contributed by atoms with van der Waals surface area (Å²) in [4.78, 5) is 28.6. The summed E-state index contributed by atoms with van der Waals surface area (Å²) in [6.45, 7) is 0.741. The minimum Gasteiger partial charge on any atom is -0.330 e. The average Bonchev–Trinajstić information content (AvgIpc) is 3.09. The van der Waals surface area contributed by atoms with Crippen molar-refractivity contribution in [3.8, 4) is 0 Å². The number of hydrogen-bond acceptors (Lipinski definition) is 2. The molecule has 1 aliphatic heterocycles. The number of hydrogen-bond donors (Lipinski definition) is 1. The lowest BCUT2D eigenvalue weighted by Gasteiger charge is -2.56. The van der Waals surface area contributed by atoms with Crippen LogP contribution in [0.3, 0.4) is 0 Å². The van der Waals surface area contributed by atoms with Crippen LogP contribution in [0.5, 0.6) is 0 Å². The molecule has 1 heterocycles. The van der Waals surface area contributed by atoms with Gasteiger partial charge in [-0.1, -0.05) is 6.07 Å². The second kappa shape index (κ2) is 6.75. The molecule has 1 saturated heterocycles. The Morgan fingerprint density at radius 2 is 1.74 bits per heavy atom. The molecule has 0 aromatic heterocycles. The van der Waals surface area contributed by atoms with E-state index in [9.17, 15) is 9.59 Å². The highest BCUT2D eigenvalue weighted by Crippen LogP contribution is 2.60. The standard InChI is InChI=1S/C22H27IN2O2/c23-17-3-1-4-18(10-17)24-20(26)19-5-2-6-25(19)21(27)22-11-14-7-15(12-22)9-16(8-14)13-22/h1,3-4,10,14-16,19H,2,5-9,11-13H2,(H,24,26)/t14?,15?,16?,19-,22?/m1/s1. The zero-order valence-electron chi connectivity index (χ0n) is 15.6. The summed E-state index contributed by atoms with van der Waals surface area (Å²) in [6.07, 6.45) is 8.93. The van der Waals surface area contributed by atoms with Gasteiger partial charge < -0.3 is 10.2 Å². The van der Waals surface area contributed by atoms with Crippen molar-refractivity contribution in [3.63, 3.8) is 0 Å². The molecule has 4 bridgehead atoms. The van der Waals surface area contributed by atoms with Gasteiger partial charge in [0.15, 0.2) is 0 Å². The number of anilines is 1. The first-order valence-electron chi connectivity index (χ1n) is 10.4. The normalized spacial score (nSPS) is 36.9. The van der Waals surface area contributed by atoms with Crippen molar-refractivity contribution in [3.05, 3.63) is 27.8 Å². The summed E-state index contributed by atoms with van der Waals surface area (Å²) in [6, 6.07) is 7.54. The van der Waals surface area contributed by atoms with Gasteiger partial charge in [-0.25, -0.2) is 0 Å². The molecule has 144 valence electrons. The molecule has 4 saturated carbocycles. The quantitative estimate of drug-likeness (QED) is 0.654. The van der Waals surface area contributed by atoms with Crippen molar-refractivity contribution in [2.45, 2.75) is 57.4 Å². The van der Waals surface area contributed by atoms with Crippen LogP contribution in [0.2, 0.25) is 0 Å². The van der Waals surface area contributed by atoms with Crippen LogP contribution in [0.15, 0.2) is 24.3 Å². The Kier molecular flexibility index (Phi) is 4.49. The van der Waals surface area contributed by atoms with Crippen molar-refractivity contribution >= 4 is 40.1 Å². The molecule has 27 heavy (non-hydrogen) atoms. The number of nitrogens with one attached hydrogen (secondary N) is 1. The molecule has 5 aliphatic rings. The van der Waals surface area contributed by atoms with Gasteiger partial charge in [-0.05, 0) is 110 Å². The molecule has 0 spiro atoms. The fourth-order valence-electron chi connectivity index (χ4n) is 6.75. The number of rotatable bonds is 3. The van der Waals surface area contributed by atoms with Gasteiger partial charge in [0.2, 0.25) is 11.8 Å². The van der Waals surface area contributed by atoms with Gasteiger partial charge in [0.1, 0.15) is 6.04 Å². The van der Waals surface area contributed by atoms with Crippen molar-refractivity contribution in [1.29, 1.82) is 0 Å². The van der Waals surface area contributed by atoms with Crippen LogP contribution in [0.25, 0.3) is 0 Å². The van der Waals surface area contributed by atoms with Gasteiger partial charge in [-0.15, -0.1) is 0 Å². The Bertz CT molecular complexity index is 742. The first-order chi connectivity index (χ1) is 13.0. The van der Waals surface area contributed by atoms with Crippen LogP contribution in [-0.4, -0.2) is 29.3 Å². The third-order valence-corrected chi connectivity index (χ3v) is 8.07. The Labute approximate surface area is 174 Å². The highest BCUT2D eigenvalue weighted by Gasteiger charge is 2.56. The largest absolute Gasteiger partial charge is 0.330 e. The molecule has 4 aliphatic carbocycles. The SMILES string of the molecule is O=C(Nc1cccc(I)c1)[C@H]1CCCN1C(=O)C12CC3CC(CC(C3)C1)C2. The topological polar surface area (TPSA) is 49.4 Å². The number of benzene rings is 1. The van der Waals surface area contributed by atoms with Crippen LogP contribution in [0, 0.1) is 26.7 Å². The molecule has 2 amide bonds. The molecule has 1 aromatic carbocycles. The van der Waals surface area contributed by atoms with Crippen LogP contribution in [-0.2, 0) is 9.59 Å². The summed E-state index contributed by atoms with van der Waals surface area (Å²) in [7, 11) is 0. The smallest absolute Gasteiger partial charge is 0.247 e. The molecule has 0 radical (unpaired) electrons. The van der Waals surface area contributed by atoms with E-state index >= 15 is 0 Å². The van der Waals surface area contributed by atoms with Gasteiger partial charge in [0.05, 0.1) is 5.41 Å². The molecule has 1 aromatic rings. The summed E-state index contributed by atoms with van der Waals surface area (Å²) < 4.78 is 1.10. The molecule has 0 unspecified atom stereocenters. The Balaban J connectivity index is 1.33. The number of carbonyl (C=O) groups excluding carboxylic acids is 2. The number of likely N-dealkylation sites (tertiary alicyclic amines) is 1. The maximum absolute atomic E-state index is 13.7. The fraction of sp³-hybridized carbons (Fsp3) is 0.636. The predicted octanol–water partition coefficient (Wildman–Crippen LogP) is 4.44. The highest BCUT2D eigenvalue weighted by molar-refractivity contribution is 14.1. The van der Waals surface area contributed by atoms with E-state index in [-0.39, 0.29) is 17.4 Å². The summed E-state index contributed by atoms with van der Waals surface area (Å²) in [5.41, 5.74) is 0.667. The van der Waals surface area contributed by atoms with E-state index in [1.807, 2.05) is 29.2 Å². The van der Waals surface area contributed by atoms with Crippen LogP contribution >= 0.6 is 22.6 Å². The lowest BCUT2D eigenvalue weighted by atomic mass is 9.49. The predicted molar refractivity (Wildman–Crippen MR) is 113 cm³/mol. The Hall–Kier alpha value is -1.11. The molecule has 1 N–H and O–H groups in total. The molecule has 1 atom stereocenters. The van der Waals surface area contributed by atoms with E-state index in [1.54, 1.807) is 0 Å². The first-order valence-corrected chi connectivity index (χ1v) is 11.5. The monoisotopic (exact) mass is 478 g/mol. The maximum Gasteiger partial charge on any atom is 0.247 e. The van der Waals surface area contributed by atoms with Crippen molar-refractivity contribution in [2.24, 2.45) is 23.2 Å². The number of halogens is 1. The minimum atomic E-state index is -0.302. The minimum absolute atomic E-state index is 0.0208. The molecule has 4 nitrogen and oxygen atoms in total. The second-order valence-corrected chi connectivity index (χ2v) is 10.6. The van der Waals surface area contributed by atoms with E-state index in [1.165, 1.54) is 19.3 Å². The van der Waals surface area contributed by atoms with E-state index in [4.69, 9.17) is 0 Å². The van der Waals surface area contributed by atoms with Gasteiger partial charge in [0.25, 0.3) is 0 Å². The third kappa shape index (κ3) is 3.19. The zero-order chi connectivity index (χ0) is 18.6. The lowest BCUT2D eigenvalue weighted by Crippen LogP contribution is -2.56. The Morgan fingerprint density at radius 3 is 2.37 bits per heavy atom. The number of amides is 2. The third-order valence-electron chi connectivity index (χ3n) is 7.40. The van der Waals surface area contributed by atoms with Crippen molar-refractivity contribution in [1.82, 2.24) is 4.90 Å². The van der Waals surface area contributed by atoms with Crippen LogP contribution in [0.1, 0.15) is 51.4 Å². The fourth-order valence-corrected chi connectivity index (χ4v) is 7.29. The highest BCUT2D eigenvalue weighted by atomic mass is 127. The van der Waals surface area contributed by atoms with Crippen LogP contribution < -0.4 is 5.32 Å². The average molecular weight is 478 g/mol. The van der Waals surface area contributed by atoms with E-state index in [2.05, 4.69) is 27.9 Å². The second-order valence-electron chi connectivity index (χ2n) is 9.35. The van der Waals surface area contributed by atoms with Gasteiger partial charge in [0, 0.05) is 15.8 Å². The number of carbonyl (C=O) groups is 2. The molecule has 5 fully saturated rings. The Morgan fingerprint density at radius 1 is 1.07 bits per heavy atom. The number of nitrogens with zero attached hydrogens (tertiary/aromatic N) is 1. The van der Waals surface area contributed by atoms with Gasteiger partial charge >= 0.3 is 0 Å². The molecule has 5 heteroatoms. The van der Waals surface area contributed by atoms with Gasteiger partial charge in [-0.3, -0.25) is 9.59 Å². The van der Waals surface area contributed by atoms with Crippen molar-refractivity contribution < 1.29 is 9.59 Å². The summed E-state index contributed by atoms with van der Waals surface area (Å²) >= 11 is 2.25. The summed E-state index contributed by atoms with van der Waals surface area (Å²) in [5, 5.41) is 3.05. The summed E-state index contributed by atoms with van der Waals surface area (Å²) in [5.74, 6) is 2.53. The lowest BCUT2D eigenvalue weighted by molar-refractivity contribution is -0.160. The molecular formula is C22H27IN2O2. The zero-order valence-corrected chi connectivity index (χ0v) is 17.8. The molecular weight excluding hydrogens is 451 g/mol. The van der Waals surface area contributed by atoms with Gasteiger partial charge in [-0.2, -0.15) is 0 Å². The van der Waals surface area contributed by atoms with Crippen LogP contribution in [0.4, 0.5) is 5.69 Å². The molecule has 6 rings (SSSR count). The van der Waals surface area contributed by atoms with Crippen molar-refractivity contribution in [2.75, 3.05) is 11.9 Å². The first kappa shape index (κ1) is 18.0. The van der Waals surface area contributed by atoms with E-state index in [0.29, 0.717) is 5.91 Å². The van der Waals surface area contributed by atoms with E-state index in [0.717, 1.165) is 65.7 Å².